The number of fused-ring (bicyclic) bond motifs is 1. The zero-order valence-electron chi connectivity index (χ0n) is 21.7. The van der Waals surface area contributed by atoms with Gasteiger partial charge in [-0.15, -0.1) is 0 Å². The smallest absolute Gasteiger partial charge is 0.421 e. The van der Waals surface area contributed by atoms with Crippen LogP contribution in [0.4, 0.5) is 18.0 Å². The zero-order valence-corrected chi connectivity index (χ0v) is 21.7. The van der Waals surface area contributed by atoms with Gasteiger partial charge in [-0.3, -0.25) is 0 Å². The number of ether oxygens (including phenoxy) is 3. The van der Waals surface area contributed by atoms with Crippen LogP contribution in [0.2, 0.25) is 0 Å². The number of aliphatic hydroxyl groups excluding tert-OH is 1. The van der Waals surface area contributed by atoms with E-state index in [1.165, 1.54) is 22.8 Å². The minimum atomic E-state index is -4.87. The first-order valence-electron chi connectivity index (χ1n) is 12.8. The molecule has 0 aliphatic rings. The third-order valence-corrected chi connectivity index (χ3v) is 6.41. The van der Waals surface area contributed by atoms with Gasteiger partial charge in [-0.1, -0.05) is 97.1 Å². The average Bonchev–Trinajstić information content (AvgIpc) is 3.36. The molecule has 41 heavy (non-hydrogen) atoms. The molecule has 5 aromatic rings. The number of aromatic nitrogens is 1. The van der Waals surface area contributed by atoms with Gasteiger partial charge in [0.1, 0.15) is 19.0 Å². The van der Waals surface area contributed by atoms with Gasteiger partial charge >= 0.3 is 12.3 Å². The second-order valence-electron chi connectivity index (χ2n) is 9.23. The van der Waals surface area contributed by atoms with Gasteiger partial charge in [-0.05, 0) is 23.3 Å². The number of aliphatic hydroxyl groups is 1. The van der Waals surface area contributed by atoms with Gasteiger partial charge in [0.05, 0.1) is 5.52 Å². The summed E-state index contributed by atoms with van der Waals surface area (Å²) in [5.41, 5.74) is 1.63. The SMILES string of the molecule is O=C(OCc1ccccc1)n1c(OC(COc2ccccc2C(O)C(F)(F)F)c2ccccc2)cc2ccccc21. The Morgan fingerprint density at radius 3 is 2.20 bits per heavy atom. The minimum absolute atomic E-state index is 0.0508. The Kier molecular flexibility index (Phi) is 8.26. The van der Waals surface area contributed by atoms with E-state index in [-0.39, 0.29) is 24.8 Å². The molecule has 210 valence electrons. The predicted octanol–water partition coefficient (Wildman–Crippen LogP) is 7.62. The molecule has 2 atom stereocenters. The van der Waals surface area contributed by atoms with E-state index in [1.807, 2.05) is 48.5 Å². The highest BCUT2D eigenvalue weighted by atomic mass is 19.4. The number of carbonyl (C=O) groups is 1. The first-order chi connectivity index (χ1) is 19.8. The molecule has 0 fully saturated rings. The number of alkyl halides is 3. The first kappa shape index (κ1) is 27.8. The molecular formula is C32H26F3NO5. The third kappa shape index (κ3) is 6.53. The van der Waals surface area contributed by atoms with E-state index >= 15 is 0 Å². The molecule has 0 saturated heterocycles. The van der Waals surface area contributed by atoms with Crippen molar-refractivity contribution in [3.63, 3.8) is 0 Å². The van der Waals surface area contributed by atoms with E-state index in [0.29, 0.717) is 11.1 Å². The maximum Gasteiger partial charge on any atom is 0.421 e. The van der Waals surface area contributed by atoms with Crippen molar-refractivity contribution < 1.29 is 37.3 Å². The molecule has 1 N–H and O–H groups in total. The first-order valence-corrected chi connectivity index (χ1v) is 12.8. The van der Waals surface area contributed by atoms with Crippen LogP contribution < -0.4 is 9.47 Å². The van der Waals surface area contributed by atoms with Gasteiger partial charge in [-0.2, -0.15) is 13.2 Å². The van der Waals surface area contributed by atoms with Crippen LogP contribution in [-0.4, -0.2) is 28.6 Å². The lowest BCUT2D eigenvalue weighted by atomic mass is 10.1. The largest absolute Gasteiger partial charge is 0.489 e. The summed E-state index contributed by atoms with van der Waals surface area (Å²) in [6, 6.07) is 32.5. The van der Waals surface area contributed by atoms with Crippen molar-refractivity contribution in [3.05, 3.63) is 132 Å². The molecule has 0 spiro atoms. The van der Waals surface area contributed by atoms with Crippen LogP contribution in [0.5, 0.6) is 11.6 Å². The molecule has 5 rings (SSSR count). The lowest BCUT2D eigenvalue weighted by molar-refractivity contribution is -0.207. The van der Waals surface area contributed by atoms with E-state index in [0.717, 1.165) is 17.0 Å². The van der Waals surface area contributed by atoms with Crippen LogP contribution in [0, 0.1) is 0 Å². The highest BCUT2D eigenvalue weighted by Gasteiger charge is 2.41. The van der Waals surface area contributed by atoms with Gasteiger partial charge in [0.15, 0.2) is 12.2 Å². The average molecular weight is 562 g/mol. The number of halogens is 3. The Morgan fingerprint density at radius 1 is 0.829 bits per heavy atom. The van der Waals surface area contributed by atoms with E-state index in [2.05, 4.69) is 0 Å². The van der Waals surface area contributed by atoms with Gasteiger partial charge in [-0.25, -0.2) is 9.36 Å². The Balaban J connectivity index is 1.44. The van der Waals surface area contributed by atoms with E-state index < -0.39 is 30.0 Å². The van der Waals surface area contributed by atoms with Crippen molar-refractivity contribution in [2.24, 2.45) is 0 Å². The summed E-state index contributed by atoms with van der Waals surface area (Å²) in [5.74, 6) is 0.0370. The van der Waals surface area contributed by atoms with Crippen LogP contribution in [0.1, 0.15) is 28.9 Å². The normalized spacial score (nSPS) is 13.0. The lowest BCUT2D eigenvalue weighted by Gasteiger charge is -2.23. The Hall–Kier alpha value is -4.76. The van der Waals surface area contributed by atoms with Crippen LogP contribution in [-0.2, 0) is 11.3 Å². The Morgan fingerprint density at radius 2 is 1.46 bits per heavy atom. The molecule has 0 bridgehead atoms. The summed E-state index contributed by atoms with van der Waals surface area (Å²) < 4.78 is 58.9. The maximum absolute atomic E-state index is 13.3. The maximum atomic E-state index is 13.3. The van der Waals surface area contributed by atoms with Crippen molar-refractivity contribution in [3.8, 4) is 11.6 Å². The van der Waals surface area contributed by atoms with Gasteiger partial charge in [0, 0.05) is 17.0 Å². The molecule has 9 heteroatoms. The highest BCUT2D eigenvalue weighted by molar-refractivity contribution is 5.92. The number of hydrogen-bond donors (Lipinski definition) is 1. The monoisotopic (exact) mass is 561 g/mol. The molecule has 1 aromatic heterocycles. The quantitative estimate of drug-likeness (QED) is 0.201. The summed E-state index contributed by atoms with van der Waals surface area (Å²) in [6.07, 6.45) is -9.07. The zero-order chi connectivity index (χ0) is 28.8. The van der Waals surface area contributed by atoms with Crippen molar-refractivity contribution in [2.75, 3.05) is 6.61 Å². The topological polar surface area (TPSA) is 69.9 Å². The second-order valence-corrected chi connectivity index (χ2v) is 9.23. The Labute approximate surface area is 234 Å². The van der Waals surface area contributed by atoms with Gasteiger partial charge in [0.2, 0.25) is 5.88 Å². The number of rotatable bonds is 9. The van der Waals surface area contributed by atoms with Gasteiger partial charge < -0.3 is 19.3 Å². The number of para-hydroxylation sites is 2. The Bertz CT molecular complexity index is 1600. The van der Waals surface area contributed by atoms with Crippen LogP contribution in [0.15, 0.2) is 115 Å². The van der Waals surface area contributed by atoms with Crippen molar-refractivity contribution in [1.29, 1.82) is 0 Å². The van der Waals surface area contributed by atoms with Gasteiger partial charge in [0.25, 0.3) is 0 Å². The molecule has 0 aliphatic heterocycles. The molecule has 0 aliphatic carbocycles. The fourth-order valence-electron chi connectivity index (χ4n) is 4.38. The fourth-order valence-corrected chi connectivity index (χ4v) is 4.38. The third-order valence-electron chi connectivity index (χ3n) is 6.41. The number of carbonyl (C=O) groups excluding carboxylic acids is 1. The van der Waals surface area contributed by atoms with Crippen LogP contribution >= 0.6 is 0 Å². The van der Waals surface area contributed by atoms with Crippen molar-refractivity contribution in [2.45, 2.75) is 25.0 Å². The molecule has 4 aromatic carbocycles. The fraction of sp³-hybridized carbons (Fsp3) is 0.156. The van der Waals surface area contributed by atoms with Crippen molar-refractivity contribution >= 4 is 17.0 Å². The highest BCUT2D eigenvalue weighted by Crippen LogP contribution is 2.37. The molecule has 2 unspecified atom stereocenters. The number of nitrogens with zero attached hydrogens (tertiary/aromatic N) is 1. The van der Waals surface area contributed by atoms with Crippen LogP contribution in [0.25, 0.3) is 10.9 Å². The molecule has 6 nitrogen and oxygen atoms in total. The second kappa shape index (κ2) is 12.2. The van der Waals surface area contributed by atoms with E-state index in [9.17, 15) is 23.1 Å². The number of benzene rings is 4. The summed E-state index contributed by atoms with van der Waals surface area (Å²) >= 11 is 0. The molecule has 0 radical (unpaired) electrons. The van der Waals surface area contributed by atoms with Crippen LogP contribution in [0.3, 0.4) is 0 Å². The minimum Gasteiger partial charge on any atom is -0.489 e. The standard InChI is InChI=1S/C32H26F3NO5/c33-32(34,35)30(37)25-16-8-10-18-27(25)39-21-28(23-13-5-2-6-14-23)41-29-19-24-15-7-9-17-26(24)36(29)31(38)40-20-22-11-3-1-4-12-22/h1-19,28,30,37H,20-21H2. The molecular weight excluding hydrogens is 535 g/mol. The summed E-state index contributed by atoms with van der Waals surface area (Å²) in [6.45, 7) is -0.165. The molecule has 0 amide bonds. The number of hydrogen-bond acceptors (Lipinski definition) is 5. The van der Waals surface area contributed by atoms with E-state index in [1.54, 1.807) is 42.5 Å². The van der Waals surface area contributed by atoms with E-state index in [4.69, 9.17) is 14.2 Å². The predicted molar refractivity (Wildman–Crippen MR) is 147 cm³/mol. The van der Waals surface area contributed by atoms with Crippen molar-refractivity contribution in [1.82, 2.24) is 4.57 Å². The summed E-state index contributed by atoms with van der Waals surface area (Å²) in [5, 5.41) is 10.6. The lowest BCUT2D eigenvalue weighted by Crippen LogP contribution is -2.23. The molecule has 1 heterocycles. The summed E-state index contributed by atoms with van der Waals surface area (Å²) in [7, 11) is 0. The summed E-state index contributed by atoms with van der Waals surface area (Å²) in [4.78, 5) is 13.3. The molecule has 0 saturated carbocycles.